The van der Waals surface area contributed by atoms with E-state index in [1.807, 2.05) is 0 Å². The smallest absolute Gasteiger partial charge is 0.125 e. The van der Waals surface area contributed by atoms with E-state index in [1.165, 1.54) is 27.9 Å². The molecular weight excluding hydrogens is 585 g/mol. The third-order valence-electron chi connectivity index (χ3n) is 9.67. The van der Waals surface area contributed by atoms with Crippen LogP contribution < -0.4 is 9.80 Å². The highest BCUT2D eigenvalue weighted by atomic mass is 16.3. The summed E-state index contributed by atoms with van der Waals surface area (Å²) in [6.45, 7) is 10.1. The number of aromatic hydroxyl groups is 1. The first-order chi connectivity index (χ1) is 23.3. The lowest BCUT2D eigenvalue weighted by Gasteiger charge is -2.38. The van der Waals surface area contributed by atoms with Crippen molar-refractivity contribution in [2.45, 2.75) is 39.7 Å². The molecule has 0 amide bonds. The number of phenols is 1. The largest absolute Gasteiger partial charge is 0.507 e. The second kappa shape index (κ2) is 13.8. The van der Waals surface area contributed by atoms with Gasteiger partial charge in [-0.3, -0.25) is 0 Å². The Hall–Kier alpha value is -5.28. The van der Waals surface area contributed by atoms with E-state index < -0.39 is 5.41 Å². The van der Waals surface area contributed by atoms with Gasteiger partial charge >= 0.3 is 0 Å². The molecule has 0 unspecified atom stereocenters. The van der Waals surface area contributed by atoms with Gasteiger partial charge in [0.2, 0.25) is 0 Å². The Balaban J connectivity index is 1.57. The monoisotopic (exact) mass is 630 g/mol. The van der Waals surface area contributed by atoms with Gasteiger partial charge in [-0.2, -0.15) is 0 Å². The SMILES string of the molecule is CCN(Cc1cc(C)cc(C(c2ccccc2)(c2ccccc2)c2ccccc2)c1O)c1cccc(C)c1-c1c(C)cccc1N(C)C. The molecule has 0 radical (unpaired) electrons. The van der Waals surface area contributed by atoms with Crippen molar-refractivity contribution in [2.24, 2.45) is 0 Å². The molecule has 0 atom stereocenters. The zero-order valence-corrected chi connectivity index (χ0v) is 29.0. The van der Waals surface area contributed by atoms with Crippen LogP contribution >= 0.6 is 0 Å². The third-order valence-corrected chi connectivity index (χ3v) is 9.67. The van der Waals surface area contributed by atoms with Gasteiger partial charge in [0.25, 0.3) is 0 Å². The average Bonchev–Trinajstić information content (AvgIpc) is 3.10. The van der Waals surface area contributed by atoms with Crippen molar-refractivity contribution in [1.82, 2.24) is 0 Å². The van der Waals surface area contributed by atoms with Gasteiger partial charge in [0, 0.05) is 60.8 Å². The maximum atomic E-state index is 12.6. The molecular formula is C45H46N2O. The Labute approximate surface area is 286 Å². The number of hydrogen-bond acceptors (Lipinski definition) is 3. The average molecular weight is 631 g/mol. The summed E-state index contributed by atoms with van der Waals surface area (Å²) in [5.41, 5.74) is 12.8. The van der Waals surface area contributed by atoms with Crippen molar-refractivity contribution < 1.29 is 5.11 Å². The van der Waals surface area contributed by atoms with E-state index in [0.29, 0.717) is 12.3 Å². The minimum Gasteiger partial charge on any atom is -0.507 e. The normalized spacial score (nSPS) is 11.4. The molecule has 0 aliphatic heterocycles. The molecule has 0 aliphatic carbocycles. The molecule has 3 nitrogen and oxygen atoms in total. The van der Waals surface area contributed by atoms with Crippen molar-refractivity contribution in [1.29, 1.82) is 0 Å². The predicted molar refractivity (Wildman–Crippen MR) is 204 cm³/mol. The molecule has 0 saturated heterocycles. The van der Waals surface area contributed by atoms with Crippen LogP contribution in [0.15, 0.2) is 140 Å². The molecule has 242 valence electrons. The van der Waals surface area contributed by atoms with E-state index in [4.69, 9.17) is 0 Å². The fraction of sp³-hybridized carbons (Fsp3) is 0.200. The second-order valence-corrected chi connectivity index (χ2v) is 13.0. The minimum absolute atomic E-state index is 0.328. The summed E-state index contributed by atoms with van der Waals surface area (Å²) in [5.74, 6) is 0.328. The molecule has 0 spiro atoms. The molecule has 0 heterocycles. The number of anilines is 2. The maximum Gasteiger partial charge on any atom is 0.125 e. The lowest BCUT2D eigenvalue weighted by atomic mass is 9.64. The molecule has 3 heteroatoms. The number of hydrogen-bond donors (Lipinski definition) is 1. The van der Waals surface area contributed by atoms with Gasteiger partial charge in [-0.1, -0.05) is 133 Å². The van der Waals surface area contributed by atoms with Gasteiger partial charge in [-0.15, -0.1) is 0 Å². The van der Waals surface area contributed by atoms with E-state index in [-0.39, 0.29) is 0 Å². The molecule has 48 heavy (non-hydrogen) atoms. The van der Waals surface area contributed by atoms with Crippen LogP contribution in [0.3, 0.4) is 0 Å². The fourth-order valence-electron chi connectivity index (χ4n) is 7.46. The summed E-state index contributed by atoms with van der Waals surface area (Å²) in [5, 5.41) is 12.6. The van der Waals surface area contributed by atoms with E-state index in [9.17, 15) is 5.11 Å². The number of benzene rings is 6. The second-order valence-electron chi connectivity index (χ2n) is 13.0. The van der Waals surface area contributed by atoms with Crippen LogP contribution in [-0.2, 0) is 12.0 Å². The van der Waals surface area contributed by atoms with Crippen molar-refractivity contribution in [2.75, 3.05) is 30.4 Å². The Morgan fingerprint density at radius 2 is 1.02 bits per heavy atom. The molecule has 0 saturated carbocycles. The molecule has 0 aromatic heterocycles. The molecule has 0 fully saturated rings. The van der Waals surface area contributed by atoms with Gasteiger partial charge in [-0.25, -0.2) is 0 Å². The van der Waals surface area contributed by atoms with E-state index >= 15 is 0 Å². The predicted octanol–water partition coefficient (Wildman–Crippen LogP) is 10.5. The molecule has 6 aromatic carbocycles. The van der Waals surface area contributed by atoms with Gasteiger partial charge in [0.05, 0.1) is 5.41 Å². The lowest BCUT2D eigenvalue weighted by Crippen LogP contribution is -2.32. The number of aryl methyl sites for hydroxylation is 3. The summed E-state index contributed by atoms with van der Waals surface area (Å²) in [7, 11) is 4.22. The number of nitrogens with zero attached hydrogens (tertiary/aromatic N) is 2. The molecule has 1 N–H and O–H groups in total. The summed E-state index contributed by atoms with van der Waals surface area (Å²) in [6.07, 6.45) is 0. The molecule has 6 rings (SSSR count). The first-order valence-electron chi connectivity index (χ1n) is 16.9. The number of rotatable bonds is 10. The highest BCUT2D eigenvalue weighted by Crippen LogP contribution is 2.50. The topological polar surface area (TPSA) is 26.7 Å². The third kappa shape index (κ3) is 5.86. The van der Waals surface area contributed by atoms with E-state index in [2.05, 4.69) is 191 Å². The summed E-state index contributed by atoms with van der Waals surface area (Å²) in [6, 6.07) is 49.3. The standard InChI is InChI=1S/C45H46N2O/c1-7-47(41-28-18-20-34(4)43(41)42-33(3)19-17-27-40(42)46(5)6)31-35-29-32(2)30-39(44(35)48)45(36-21-11-8-12-22-36,37-23-13-9-14-24-37)38-25-15-10-16-26-38/h8-30,48H,7,31H2,1-6H3. The van der Waals surface area contributed by atoms with Crippen molar-refractivity contribution >= 4 is 11.4 Å². The first-order valence-corrected chi connectivity index (χ1v) is 16.9. The highest BCUT2D eigenvalue weighted by molar-refractivity contribution is 5.91. The van der Waals surface area contributed by atoms with Crippen LogP contribution in [0.1, 0.15) is 51.4 Å². The van der Waals surface area contributed by atoms with Gasteiger partial charge in [0.15, 0.2) is 0 Å². The van der Waals surface area contributed by atoms with Crippen LogP contribution in [0.2, 0.25) is 0 Å². The van der Waals surface area contributed by atoms with E-state index in [0.717, 1.165) is 45.6 Å². The Morgan fingerprint density at radius 1 is 0.562 bits per heavy atom. The Morgan fingerprint density at radius 3 is 1.48 bits per heavy atom. The Bertz CT molecular complexity index is 1900. The van der Waals surface area contributed by atoms with Gasteiger partial charge < -0.3 is 14.9 Å². The lowest BCUT2D eigenvalue weighted by molar-refractivity contribution is 0.452. The highest BCUT2D eigenvalue weighted by Gasteiger charge is 2.41. The molecule has 0 aliphatic rings. The van der Waals surface area contributed by atoms with Crippen LogP contribution in [0, 0.1) is 20.8 Å². The zero-order chi connectivity index (χ0) is 33.8. The first kappa shape index (κ1) is 32.7. The summed E-state index contributed by atoms with van der Waals surface area (Å²) >= 11 is 0. The van der Waals surface area contributed by atoms with Crippen molar-refractivity contribution in [3.8, 4) is 16.9 Å². The quantitative estimate of drug-likeness (QED) is 0.153. The minimum atomic E-state index is -0.734. The van der Waals surface area contributed by atoms with Crippen LogP contribution in [-0.4, -0.2) is 25.7 Å². The summed E-state index contributed by atoms with van der Waals surface area (Å²) < 4.78 is 0. The maximum absolute atomic E-state index is 12.6. The fourth-order valence-corrected chi connectivity index (χ4v) is 7.46. The van der Waals surface area contributed by atoms with Crippen molar-refractivity contribution in [3.63, 3.8) is 0 Å². The van der Waals surface area contributed by atoms with Crippen LogP contribution in [0.5, 0.6) is 5.75 Å². The molecule has 0 bridgehead atoms. The van der Waals surface area contributed by atoms with Crippen LogP contribution in [0.25, 0.3) is 11.1 Å². The van der Waals surface area contributed by atoms with Crippen molar-refractivity contribution in [3.05, 3.63) is 184 Å². The van der Waals surface area contributed by atoms with Crippen LogP contribution in [0.4, 0.5) is 11.4 Å². The molecule has 6 aromatic rings. The summed E-state index contributed by atoms with van der Waals surface area (Å²) in [4.78, 5) is 4.60. The number of phenolic OH excluding ortho intramolecular Hbond substituents is 1. The zero-order valence-electron chi connectivity index (χ0n) is 29.0. The Kier molecular flexibility index (Phi) is 9.41. The van der Waals surface area contributed by atoms with Gasteiger partial charge in [-0.05, 0) is 67.6 Å². The van der Waals surface area contributed by atoms with E-state index in [1.54, 1.807) is 0 Å². The van der Waals surface area contributed by atoms with Gasteiger partial charge in [0.1, 0.15) is 5.75 Å².